The summed E-state index contributed by atoms with van der Waals surface area (Å²) < 4.78 is 28.6. The summed E-state index contributed by atoms with van der Waals surface area (Å²) in [6.07, 6.45) is 1.46. The Hall–Kier alpha value is -2.82. The number of benzene rings is 2. The number of fused-ring (bicyclic) bond motifs is 1. The van der Waals surface area contributed by atoms with Gasteiger partial charge in [0.1, 0.15) is 11.6 Å². The van der Waals surface area contributed by atoms with E-state index < -0.39 is 17.6 Å². The number of carbonyl (C=O) groups is 1. The molecule has 3 rings (SSSR count). The summed E-state index contributed by atoms with van der Waals surface area (Å²) in [4.78, 5) is 15.5. The maximum atomic E-state index is 14.3. The van der Waals surface area contributed by atoms with Gasteiger partial charge in [-0.3, -0.25) is 4.98 Å². The Morgan fingerprint density at radius 3 is 2.35 bits per heavy atom. The Bertz CT molecular complexity index is 928. The van der Waals surface area contributed by atoms with Crippen LogP contribution in [0, 0.1) is 25.5 Å². The van der Waals surface area contributed by atoms with Crippen molar-refractivity contribution in [2.45, 2.75) is 13.8 Å². The highest BCUT2D eigenvalue weighted by Crippen LogP contribution is 2.33. The zero-order valence-electron chi connectivity index (χ0n) is 12.5. The van der Waals surface area contributed by atoms with Gasteiger partial charge in [0.25, 0.3) is 0 Å². The number of carboxylic acid groups (broad SMARTS) is 1. The Morgan fingerprint density at radius 2 is 1.74 bits per heavy atom. The Labute approximate surface area is 131 Å². The van der Waals surface area contributed by atoms with E-state index in [0.717, 1.165) is 0 Å². The smallest absolute Gasteiger partial charge is 0.335 e. The minimum absolute atomic E-state index is 0.0529. The summed E-state index contributed by atoms with van der Waals surface area (Å²) >= 11 is 0. The highest BCUT2D eigenvalue weighted by atomic mass is 19.1. The summed E-state index contributed by atoms with van der Waals surface area (Å²) in [5.41, 5.74) is 1.80. The zero-order valence-corrected chi connectivity index (χ0v) is 12.5. The third-order valence-corrected chi connectivity index (χ3v) is 3.74. The average Bonchev–Trinajstić information content (AvgIpc) is 2.46. The van der Waals surface area contributed by atoms with Crippen LogP contribution in [0.4, 0.5) is 8.78 Å². The molecule has 1 heterocycles. The van der Waals surface area contributed by atoms with Crippen molar-refractivity contribution in [3.63, 3.8) is 0 Å². The first-order valence-corrected chi connectivity index (χ1v) is 6.97. The molecule has 5 heteroatoms. The van der Waals surface area contributed by atoms with Crippen LogP contribution in [-0.4, -0.2) is 16.1 Å². The summed E-state index contributed by atoms with van der Waals surface area (Å²) in [6, 6.07) is 6.87. The molecule has 0 aliphatic heterocycles. The molecular weight excluding hydrogens is 300 g/mol. The van der Waals surface area contributed by atoms with Gasteiger partial charge in [0.05, 0.1) is 16.6 Å². The van der Waals surface area contributed by atoms with Crippen LogP contribution in [0.1, 0.15) is 21.5 Å². The molecule has 0 unspecified atom stereocenters. The molecule has 0 atom stereocenters. The minimum Gasteiger partial charge on any atom is -0.478 e. The Balaban J connectivity index is 2.41. The van der Waals surface area contributed by atoms with E-state index in [9.17, 15) is 18.7 Å². The molecule has 0 saturated heterocycles. The molecule has 3 nitrogen and oxygen atoms in total. The third kappa shape index (κ3) is 2.54. The van der Waals surface area contributed by atoms with Gasteiger partial charge in [0.2, 0.25) is 0 Å². The van der Waals surface area contributed by atoms with Crippen LogP contribution in [0.3, 0.4) is 0 Å². The second-order valence-corrected chi connectivity index (χ2v) is 5.46. The first-order chi connectivity index (χ1) is 10.9. The van der Waals surface area contributed by atoms with E-state index in [-0.39, 0.29) is 16.7 Å². The molecule has 23 heavy (non-hydrogen) atoms. The molecule has 0 saturated carbocycles. The quantitative estimate of drug-likeness (QED) is 0.758. The van der Waals surface area contributed by atoms with E-state index in [2.05, 4.69) is 4.98 Å². The van der Waals surface area contributed by atoms with Crippen LogP contribution in [0.25, 0.3) is 22.0 Å². The number of nitrogens with zero attached hydrogens (tertiary/aromatic N) is 1. The molecule has 2 aromatic carbocycles. The van der Waals surface area contributed by atoms with Crippen molar-refractivity contribution in [1.29, 1.82) is 0 Å². The van der Waals surface area contributed by atoms with Gasteiger partial charge in [-0.15, -0.1) is 0 Å². The lowest BCUT2D eigenvalue weighted by Gasteiger charge is -2.11. The molecule has 0 aliphatic rings. The molecule has 0 radical (unpaired) electrons. The van der Waals surface area contributed by atoms with Crippen molar-refractivity contribution >= 4 is 16.9 Å². The van der Waals surface area contributed by atoms with Crippen molar-refractivity contribution in [2.24, 2.45) is 0 Å². The van der Waals surface area contributed by atoms with E-state index >= 15 is 0 Å². The largest absolute Gasteiger partial charge is 0.478 e. The summed E-state index contributed by atoms with van der Waals surface area (Å²) in [5.74, 6) is -2.48. The van der Waals surface area contributed by atoms with Crippen molar-refractivity contribution in [2.75, 3.05) is 0 Å². The standard InChI is InChI=1S/C18H13F2NO2/c1-9-5-14(19)16(15(20)6-9)12-3-4-21-17-10(2)7-11(18(22)23)8-13(12)17/h3-8H,1-2H3,(H,22,23). The summed E-state index contributed by atoms with van der Waals surface area (Å²) in [5, 5.41) is 9.62. The fourth-order valence-electron chi connectivity index (χ4n) is 2.73. The number of hydrogen-bond acceptors (Lipinski definition) is 2. The van der Waals surface area contributed by atoms with Crippen LogP contribution in [-0.2, 0) is 0 Å². The molecule has 0 fully saturated rings. The van der Waals surface area contributed by atoms with Gasteiger partial charge in [0.15, 0.2) is 0 Å². The molecule has 0 spiro atoms. The van der Waals surface area contributed by atoms with Crippen LogP contribution >= 0.6 is 0 Å². The van der Waals surface area contributed by atoms with Crippen LogP contribution in [0.5, 0.6) is 0 Å². The predicted molar refractivity (Wildman–Crippen MR) is 83.5 cm³/mol. The SMILES string of the molecule is Cc1cc(F)c(-c2ccnc3c(C)cc(C(=O)O)cc23)c(F)c1. The first kappa shape index (κ1) is 15.1. The van der Waals surface area contributed by atoms with Gasteiger partial charge in [-0.05, 0) is 60.9 Å². The van der Waals surface area contributed by atoms with E-state index in [0.29, 0.717) is 22.0 Å². The van der Waals surface area contributed by atoms with Crippen LogP contribution < -0.4 is 0 Å². The normalized spacial score (nSPS) is 11.0. The van der Waals surface area contributed by atoms with E-state index in [1.54, 1.807) is 13.8 Å². The lowest BCUT2D eigenvalue weighted by Crippen LogP contribution is -2.00. The zero-order chi connectivity index (χ0) is 16.7. The van der Waals surface area contributed by atoms with E-state index in [1.165, 1.54) is 36.5 Å². The maximum Gasteiger partial charge on any atom is 0.335 e. The Morgan fingerprint density at radius 1 is 1.09 bits per heavy atom. The highest BCUT2D eigenvalue weighted by Gasteiger charge is 2.17. The monoisotopic (exact) mass is 313 g/mol. The minimum atomic E-state index is -1.10. The number of aromatic nitrogens is 1. The highest BCUT2D eigenvalue weighted by molar-refractivity contribution is 6.01. The second kappa shape index (κ2) is 5.43. The topological polar surface area (TPSA) is 50.2 Å². The second-order valence-electron chi connectivity index (χ2n) is 5.46. The van der Waals surface area contributed by atoms with Gasteiger partial charge in [0, 0.05) is 11.6 Å². The van der Waals surface area contributed by atoms with Gasteiger partial charge in [-0.25, -0.2) is 13.6 Å². The molecule has 116 valence electrons. The van der Waals surface area contributed by atoms with Crippen LogP contribution in [0.15, 0.2) is 36.5 Å². The number of carboxylic acids is 1. The fourth-order valence-corrected chi connectivity index (χ4v) is 2.73. The maximum absolute atomic E-state index is 14.3. The molecule has 0 amide bonds. The number of halogens is 2. The molecule has 1 aromatic heterocycles. The van der Waals surface area contributed by atoms with Gasteiger partial charge < -0.3 is 5.11 Å². The summed E-state index contributed by atoms with van der Waals surface area (Å²) in [7, 11) is 0. The van der Waals surface area contributed by atoms with Crippen LogP contribution in [0.2, 0.25) is 0 Å². The van der Waals surface area contributed by atoms with Gasteiger partial charge >= 0.3 is 5.97 Å². The first-order valence-electron chi connectivity index (χ1n) is 6.97. The molecule has 0 aliphatic carbocycles. The van der Waals surface area contributed by atoms with Crippen molar-refractivity contribution < 1.29 is 18.7 Å². The number of aromatic carboxylic acids is 1. The van der Waals surface area contributed by atoms with E-state index in [4.69, 9.17) is 0 Å². The molecular formula is C18H13F2NO2. The molecule has 1 N–H and O–H groups in total. The number of rotatable bonds is 2. The predicted octanol–water partition coefficient (Wildman–Crippen LogP) is 4.50. The van der Waals surface area contributed by atoms with Crippen molar-refractivity contribution in [3.8, 4) is 11.1 Å². The van der Waals surface area contributed by atoms with Crippen molar-refractivity contribution in [3.05, 3.63) is 64.9 Å². The fraction of sp³-hybridized carbons (Fsp3) is 0.111. The summed E-state index contributed by atoms with van der Waals surface area (Å²) in [6.45, 7) is 3.32. The lowest BCUT2D eigenvalue weighted by atomic mass is 9.96. The Kier molecular flexibility index (Phi) is 3.56. The average molecular weight is 313 g/mol. The number of aryl methyl sites for hydroxylation is 2. The number of hydrogen-bond donors (Lipinski definition) is 1. The van der Waals surface area contributed by atoms with Gasteiger partial charge in [-0.1, -0.05) is 0 Å². The number of pyridine rings is 1. The van der Waals surface area contributed by atoms with Crippen molar-refractivity contribution in [1.82, 2.24) is 4.98 Å². The third-order valence-electron chi connectivity index (χ3n) is 3.74. The lowest BCUT2D eigenvalue weighted by molar-refractivity contribution is 0.0697. The molecule has 3 aromatic rings. The van der Waals surface area contributed by atoms with E-state index in [1.807, 2.05) is 0 Å². The molecule has 0 bridgehead atoms. The van der Waals surface area contributed by atoms with Gasteiger partial charge in [-0.2, -0.15) is 0 Å².